The highest BCUT2D eigenvalue weighted by Gasteiger charge is 2.27. The van der Waals surface area contributed by atoms with E-state index in [-0.39, 0.29) is 112 Å². The van der Waals surface area contributed by atoms with Crippen molar-refractivity contribution >= 4 is 87.2 Å². The number of hydrogen-bond acceptors (Lipinski definition) is 10. The molecule has 0 unspecified atom stereocenters. The second-order valence-corrected chi connectivity index (χ2v) is 32.2. The van der Waals surface area contributed by atoms with Gasteiger partial charge >= 0.3 is 0 Å². The van der Waals surface area contributed by atoms with E-state index in [1.165, 1.54) is 0 Å². The standard InChI is InChI=1S/C44H26N4.2C40H25N5/c45-27-33-21-24-41(47-39-17-9-7-15-34(39)36-22-19-31(25-42(36)47)29-11-3-1-4-12-29)38(28-46)44(33)48-40-18-10-8-16-35(40)37-23-20-32(26-43(37)48)30-13-5-2-6-14-30;41-26-27-20-22-37(45-35-19-11-10-18-32(35)33-25-31(21-23-36(33)45)28-12-4-1-5-13-28)34(24-27)40-43-38(29-14-6-2-7-15-29)42-39(44-40)30-16-8-3-9-17-30;41-26-27-22-32(40-43-38(29-14-6-2-7-15-29)42-39(44-40)30-16-8-3-9-17-30)24-33(23-27)45-36-19-11-10-18-34(36)35-25-31(20-21-37(35)45)28-12-4-1-5-13-28/h1-26H;2*1-25H/i1D,2D,3D,4D,5D,6D,11D,12D,13D,14D;2*1D,4D,5D,12D,13D. The van der Waals surface area contributed by atoms with Crippen LogP contribution in [0.25, 0.3) is 223 Å². The van der Waals surface area contributed by atoms with Gasteiger partial charge in [0.25, 0.3) is 0 Å². The summed E-state index contributed by atoms with van der Waals surface area (Å²) >= 11 is 0. The first-order valence-corrected chi connectivity index (χ1v) is 43.8. The molecule has 0 amide bonds. The van der Waals surface area contributed by atoms with Crippen molar-refractivity contribution in [3.8, 4) is 160 Å². The summed E-state index contributed by atoms with van der Waals surface area (Å²) in [4.78, 5) is 29.3. The molecule has 0 saturated carbocycles. The van der Waals surface area contributed by atoms with Gasteiger partial charge in [0, 0.05) is 82.2 Å². The fraction of sp³-hybridized carbons (Fsp3) is 0. The number of para-hydroxylation sites is 4. The highest BCUT2D eigenvalue weighted by molar-refractivity contribution is 6.15. The Kier molecular flexibility index (Phi) is 16.5. The molecular formula is C124H76N14. The van der Waals surface area contributed by atoms with Gasteiger partial charge in [0.2, 0.25) is 0 Å². The fourth-order valence-corrected chi connectivity index (χ4v) is 18.1. The third kappa shape index (κ3) is 15.3. The predicted octanol–water partition coefficient (Wildman–Crippen LogP) is 30.0. The topological polar surface area (TPSA) is 192 Å². The van der Waals surface area contributed by atoms with E-state index in [1.54, 1.807) is 77.4 Å². The summed E-state index contributed by atoms with van der Waals surface area (Å²) in [5, 5.41) is 48.6. The Hall–Kier alpha value is -19.6. The zero-order valence-corrected chi connectivity index (χ0v) is 72.6. The monoisotopic (exact) mass is 1780 g/mol. The molecule has 0 saturated heterocycles. The molecule has 138 heavy (non-hydrogen) atoms. The first-order valence-electron chi connectivity index (χ1n) is 53.8. The minimum atomic E-state index is -0.506. The van der Waals surface area contributed by atoms with E-state index < -0.39 is 48.3 Å². The molecule has 0 aliphatic carbocycles. The predicted molar refractivity (Wildman–Crippen MR) is 557 cm³/mol. The minimum Gasteiger partial charge on any atom is -0.309 e. The van der Waals surface area contributed by atoms with Crippen LogP contribution in [0.1, 0.15) is 49.7 Å². The number of rotatable bonds is 14. The van der Waals surface area contributed by atoms with Crippen LogP contribution < -0.4 is 0 Å². The first-order chi connectivity index (χ1) is 76.5. The second kappa shape index (κ2) is 35.9. The van der Waals surface area contributed by atoms with Crippen LogP contribution in [-0.4, -0.2) is 48.2 Å². The Morgan fingerprint density at radius 3 is 0.957 bits per heavy atom. The van der Waals surface area contributed by atoms with Crippen LogP contribution >= 0.6 is 0 Å². The van der Waals surface area contributed by atoms with Crippen molar-refractivity contribution in [2.24, 2.45) is 0 Å². The lowest BCUT2D eigenvalue weighted by Crippen LogP contribution is -2.06. The molecule has 25 aromatic rings. The van der Waals surface area contributed by atoms with Crippen molar-refractivity contribution in [3.63, 3.8) is 0 Å². The minimum absolute atomic E-state index is 0.0136. The normalized spacial score (nSPS) is 13.2. The maximum atomic E-state index is 11.2. The molecule has 25 rings (SSSR count). The summed E-state index contributed by atoms with van der Waals surface area (Å²) in [5.41, 5.74) is 15.8. The molecule has 0 radical (unpaired) electrons. The maximum absolute atomic E-state index is 11.2. The molecule has 0 atom stereocenters. The van der Waals surface area contributed by atoms with Crippen LogP contribution in [0.2, 0.25) is 0 Å². The van der Waals surface area contributed by atoms with E-state index in [9.17, 15) is 21.0 Å². The van der Waals surface area contributed by atoms with E-state index in [2.05, 4.69) is 33.4 Å². The van der Waals surface area contributed by atoms with Crippen molar-refractivity contribution in [1.82, 2.24) is 48.2 Å². The van der Waals surface area contributed by atoms with Crippen LogP contribution in [0, 0.1) is 45.3 Å². The van der Waals surface area contributed by atoms with Crippen molar-refractivity contribution < 1.29 is 27.4 Å². The highest BCUT2D eigenvalue weighted by atomic mass is 15.1. The molecule has 6 aromatic heterocycles. The molecule has 0 spiro atoms. The Balaban J connectivity index is 0.000000129. The van der Waals surface area contributed by atoms with Gasteiger partial charge in [0.1, 0.15) is 17.7 Å². The lowest BCUT2D eigenvalue weighted by Gasteiger charge is -2.17. The van der Waals surface area contributed by atoms with Gasteiger partial charge in [-0.05, 0) is 154 Å². The van der Waals surface area contributed by atoms with Crippen molar-refractivity contribution in [1.29, 1.82) is 21.0 Å². The smallest absolute Gasteiger partial charge is 0.166 e. The summed E-state index contributed by atoms with van der Waals surface area (Å²) in [6.07, 6.45) is 0. The molecule has 642 valence electrons. The fourth-order valence-electron chi connectivity index (χ4n) is 18.1. The van der Waals surface area contributed by atoms with Crippen LogP contribution in [0.3, 0.4) is 0 Å². The SMILES string of the molecule is [2H]c1c([2H])c([2H])c(-c2ccc3c(c2)c2ccccc2n3-c2cc(C#N)cc(-c3nc(-c4ccccc4)nc(-c4ccccc4)n3)c2)c([2H])c1[2H].[2H]c1c([2H])c([2H])c(-c2ccc3c(c2)c2ccccc2n3-c2ccc(C#N)cc2-c2nc(-c3ccccc3)nc(-c3ccccc3)n2)c([2H])c1[2H].[2H]c1c([2H])c([2H])c(-c2ccc3c4ccccc4n(-c4ccc(C#N)c(-n5c6ccccc6c6ccc(-c7c([2H])c([2H])c([2H])c([2H])c7[2H])cc65)c4C#N)c3c2)c([2H])c1[2H]. The quantitative estimate of drug-likeness (QED) is 0.101. The highest BCUT2D eigenvalue weighted by Crippen LogP contribution is 2.45. The number of fused-ring (bicyclic) bond motifs is 12. The van der Waals surface area contributed by atoms with Gasteiger partial charge < -0.3 is 18.3 Å². The van der Waals surface area contributed by atoms with E-state index >= 15 is 0 Å². The summed E-state index contributed by atoms with van der Waals surface area (Å²) in [6, 6.07) is 107. The van der Waals surface area contributed by atoms with E-state index in [1.807, 2.05) is 271 Å². The summed E-state index contributed by atoms with van der Waals surface area (Å²) in [7, 11) is 0. The van der Waals surface area contributed by atoms with Gasteiger partial charge in [-0.25, -0.2) is 29.9 Å². The van der Waals surface area contributed by atoms with Gasteiger partial charge in [-0.2, -0.15) is 21.0 Å². The number of hydrogen-bond donors (Lipinski definition) is 0. The maximum Gasteiger partial charge on any atom is 0.166 e. The van der Waals surface area contributed by atoms with Gasteiger partial charge in [0.15, 0.2) is 34.9 Å². The zero-order valence-electron chi connectivity index (χ0n) is 92.6. The third-order valence-electron chi connectivity index (χ3n) is 24.3. The molecule has 19 aromatic carbocycles. The Morgan fingerprint density at radius 1 is 0.203 bits per heavy atom. The van der Waals surface area contributed by atoms with Gasteiger partial charge in [-0.15, -0.1) is 0 Å². The van der Waals surface area contributed by atoms with Crippen LogP contribution in [0.4, 0.5) is 0 Å². The van der Waals surface area contributed by atoms with E-state index in [0.717, 1.165) is 93.1 Å². The second-order valence-electron chi connectivity index (χ2n) is 32.2. The number of nitrogens with zero attached hydrogens (tertiary/aromatic N) is 14. The van der Waals surface area contributed by atoms with E-state index in [0.29, 0.717) is 113 Å². The molecule has 14 heteroatoms. The molecule has 0 aliphatic rings. The molecule has 0 aliphatic heterocycles. The number of aromatic nitrogens is 10. The Labute approximate surface area is 822 Å². The van der Waals surface area contributed by atoms with Crippen molar-refractivity contribution in [3.05, 3.63) is 483 Å². The summed E-state index contributed by atoms with van der Waals surface area (Å²) in [6.45, 7) is 0. The average Bonchev–Trinajstić information content (AvgIpc) is 1.56. The summed E-state index contributed by atoms with van der Waals surface area (Å²) < 4.78 is 175. The van der Waals surface area contributed by atoms with Gasteiger partial charge in [-0.3, -0.25) is 0 Å². The van der Waals surface area contributed by atoms with E-state index in [4.69, 9.17) is 57.3 Å². The molecule has 0 fully saturated rings. The molecule has 0 N–H and O–H groups in total. The third-order valence-corrected chi connectivity index (χ3v) is 24.3. The van der Waals surface area contributed by atoms with Crippen molar-refractivity contribution in [2.45, 2.75) is 0 Å². The number of nitriles is 4. The lowest BCUT2D eigenvalue weighted by molar-refractivity contribution is 1.06. The van der Waals surface area contributed by atoms with Gasteiger partial charge in [0.05, 0.1) is 117 Å². The summed E-state index contributed by atoms with van der Waals surface area (Å²) in [5.74, 6) is 2.82. The Morgan fingerprint density at radius 2 is 0.536 bits per heavy atom. The first kappa shape index (κ1) is 63.4. The van der Waals surface area contributed by atoms with Crippen LogP contribution in [0.5, 0.6) is 0 Å². The van der Waals surface area contributed by atoms with Gasteiger partial charge in [-0.1, -0.05) is 351 Å². The average molecular weight is 1780 g/mol. The lowest BCUT2D eigenvalue weighted by atomic mass is 10.0. The van der Waals surface area contributed by atoms with Crippen molar-refractivity contribution in [2.75, 3.05) is 0 Å². The number of benzene rings is 19. The van der Waals surface area contributed by atoms with Crippen LogP contribution in [-0.2, 0) is 0 Å². The Bertz CT molecular complexity index is 10400. The molecular weight excluding hydrogens is 1690 g/mol. The van der Waals surface area contributed by atoms with Crippen LogP contribution in [0.15, 0.2) is 461 Å². The zero-order chi connectivity index (χ0) is 110. The molecule has 6 heterocycles. The largest absolute Gasteiger partial charge is 0.309 e. The molecule has 14 nitrogen and oxygen atoms in total. The molecule has 0 bridgehead atoms.